The van der Waals surface area contributed by atoms with Crippen LogP contribution in [0, 0.1) is 6.92 Å². The second-order valence-corrected chi connectivity index (χ2v) is 6.55. The van der Waals surface area contributed by atoms with E-state index in [2.05, 4.69) is 40.3 Å². The standard InChI is InChI=1S/C16H24BrNO2/c1-11(2)19-6-7-20-16-12(3)8-14(17)9-13(16)10-18-15-4-5-15/h8-9,11,15,18H,4-7,10H2,1-3H3. The van der Waals surface area contributed by atoms with Crippen LogP contribution in [0.4, 0.5) is 0 Å². The number of hydrogen-bond acceptors (Lipinski definition) is 3. The van der Waals surface area contributed by atoms with Crippen LogP contribution in [0.5, 0.6) is 5.75 Å². The Bertz CT molecular complexity index is 444. The quantitative estimate of drug-likeness (QED) is 0.729. The summed E-state index contributed by atoms with van der Waals surface area (Å²) in [4.78, 5) is 0. The SMILES string of the molecule is Cc1cc(Br)cc(CNC2CC2)c1OCCOC(C)C. The van der Waals surface area contributed by atoms with Crippen molar-refractivity contribution < 1.29 is 9.47 Å². The molecule has 0 aromatic heterocycles. The molecule has 0 bridgehead atoms. The number of ether oxygens (including phenoxy) is 2. The predicted octanol–water partition coefficient (Wildman–Crippen LogP) is 3.81. The number of halogens is 1. The van der Waals surface area contributed by atoms with Crippen molar-refractivity contribution in [3.05, 3.63) is 27.7 Å². The highest BCUT2D eigenvalue weighted by Gasteiger charge is 2.21. The Labute approximate surface area is 130 Å². The first-order valence-corrected chi connectivity index (χ1v) is 8.12. The predicted molar refractivity (Wildman–Crippen MR) is 85.3 cm³/mol. The molecule has 1 aliphatic rings. The van der Waals surface area contributed by atoms with Gasteiger partial charge in [0, 0.05) is 22.6 Å². The minimum absolute atomic E-state index is 0.251. The zero-order valence-corrected chi connectivity index (χ0v) is 14.1. The summed E-state index contributed by atoms with van der Waals surface area (Å²) < 4.78 is 12.6. The first-order chi connectivity index (χ1) is 9.56. The van der Waals surface area contributed by atoms with E-state index in [4.69, 9.17) is 9.47 Å². The van der Waals surface area contributed by atoms with Gasteiger partial charge in [-0.3, -0.25) is 0 Å². The smallest absolute Gasteiger partial charge is 0.126 e. The molecule has 0 heterocycles. The van der Waals surface area contributed by atoms with Crippen molar-refractivity contribution in [1.82, 2.24) is 5.32 Å². The van der Waals surface area contributed by atoms with Crippen LogP contribution in [-0.4, -0.2) is 25.4 Å². The summed E-state index contributed by atoms with van der Waals surface area (Å²) in [5.41, 5.74) is 2.38. The maximum Gasteiger partial charge on any atom is 0.126 e. The number of nitrogens with one attached hydrogen (secondary N) is 1. The van der Waals surface area contributed by atoms with Crippen LogP contribution in [-0.2, 0) is 11.3 Å². The van der Waals surface area contributed by atoms with Crippen molar-refractivity contribution in [1.29, 1.82) is 0 Å². The fourth-order valence-corrected chi connectivity index (χ4v) is 2.73. The van der Waals surface area contributed by atoms with Gasteiger partial charge in [0.05, 0.1) is 12.7 Å². The molecule has 0 atom stereocenters. The number of aryl methyl sites for hydroxylation is 1. The second kappa shape index (κ2) is 7.43. The van der Waals surface area contributed by atoms with E-state index in [1.807, 2.05) is 13.8 Å². The average Bonchev–Trinajstić information content (AvgIpc) is 3.17. The maximum atomic E-state index is 5.94. The number of benzene rings is 1. The molecule has 0 radical (unpaired) electrons. The molecule has 1 aromatic carbocycles. The average molecular weight is 342 g/mol. The Hall–Kier alpha value is -0.580. The molecule has 112 valence electrons. The van der Waals surface area contributed by atoms with Crippen molar-refractivity contribution in [3.63, 3.8) is 0 Å². The lowest BCUT2D eigenvalue weighted by atomic mass is 10.1. The summed E-state index contributed by atoms with van der Waals surface area (Å²) in [6.45, 7) is 8.25. The lowest BCUT2D eigenvalue weighted by molar-refractivity contribution is 0.0549. The lowest BCUT2D eigenvalue weighted by Gasteiger charge is -2.16. The highest BCUT2D eigenvalue weighted by molar-refractivity contribution is 9.10. The van der Waals surface area contributed by atoms with E-state index in [-0.39, 0.29) is 6.10 Å². The van der Waals surface area contributed by atoms with Gasteiger partial charge in [0.1, 0.15) is 12.4 Å². The van der Waals surface area contributed by atoms with Gasteiger partial charge in [-0.2, -0.15) is 0 Å². The molecule has 0 saturated heterocycles. The molecule has 1 fully saturated rings. The fraction of sp³-hybridized carbons (Fsp3) is 0.625. The summed E-state index contributed by atoms with van der Waals surface area (Å²) in [5, 5.41) is 3.54. The van der Waals surface area contributed by atoms with E-state index in [1.165, 1.54) is 18.4 Å². The van der Waals surface area contributed by atoms with E-state index in [0.29, 0.717) is 19.3 Å². The Kier molecular flexibility index (Phi) is 5.87. The maximum absolute atomic E-state index is 5.94. The topological polar surface area (TPSA) is 30.5 Å². The van der Waals surface area contributed by atoms with Gasteiger partial charge in [-0.1, -0.05) is 15.9 Å². The van der Waals surface area contributed by atoms with E-state index in [0.717, 1.165) is 22.3 Å². The van der Waals surface area contributed by atoms with Crippen LogP contribution in [0.2, 0.25) is 0 Å². The monoisotopic (exact) mass is 341 g/mol. The molecule has 1 aromatic rings. The number of rotatable bonds is 8. The van der Waals surface area contributed by atoms with Crippen LogP contribution in [0.25, 0.3) is 0 Å². The third-order valence-electron chi connectivity index (χ3n) is 3.26. The van der Waals surface area contributed by atoms with Crippen molar-refractivity contribution in [2.24, 2.45) is 0 Å². The molecule has 1 saturated carbocycles. The molecule has 3 nitrogen and oxygen atoms in total. The molecular weight excluding hydrogens is 318 g/mol. The highest BCUT2D eigenvalue weighted by atomic mass is 79.9. The molecule has 0 amide bonds. The molecule has 1 aliphatic carbocycles. The molecule has 4 heteroatoms. The van der Waals surface area contributed by atoms with Crippen LogP contribution < -0.4 is 10.1 Å². The van der Waals surface area contributed by atoms with Crippen LogP contribution in [0.3, 0.4) is 0 Å². The van der Waals surface area contributed by atoms with E-state index in [9.17, 15) is 0 Å². The summed E-state index contributed by atoms with van der Waals surface area (Å²) in [5.74, 6) is 0.994. The zero-order chi connectivity index (χ0) is 14.5. The summed E-state index contributed by atoms with van der Waals surface area (Å²) in [6, 6.07) is 4.94. The third-order valence-corrected chi connectivity index (χ3v) is 3.71. The second-order valence-electron chi connectivity index (χ2n) is 5.63. The molecule has 0 unspecified atom stereocenters. The van der Waals surface area contributed by atoms with Crippen LogP contribution >= 0.6 is 15.9 Å². The normalized spacial score (nSPS) is 14.8. The van der Waals surface area contributed by atoms with Gasteiger partial charge in [-0.15, -0.1) is 0 Å². The molecule has 2 rings (SSSR count). The number of hydrogen-bond donors (Lipinski definition) is 1. The lowest BCUT2D eigenvalue weighted by Crippen LogP contribution is -2.17. The molecular formula is C16H24BrNO2. The van der Waals surface area contributed by atoms with Gasteiger partial charge >= 0.3 is 0 Å². The Morgan fingerprint density at radius 1 is 1.30 bits per heavy atom. The van der Waals surface area contributed by atoms with Crippen LogP contribution in [0.15, 0.2) is 16.6 Å². The largest absolute Gasteiger partial charge is 0.491 e. The first-order valence-electron chi connectivity index (χ1n) is 7.33. The summed E-state index contributed by atoms with van der Waals surface area (Å²) >= 11 is 3.56. The molecule has 1 N–H and O–H groups in total. The van der Waals surface area contributed by atoms with E-state index < -0.39 is 0 Å². The summed E-state index contributed by atoms with van der Waals surface area (Å²) in [6.07, 6.45) is 2.84. The van der Waals surface area contributed by atoms with Gasteiger partial charge in [0.25, 0.3) is 0 Å². The molecule has 0 aliphatic heterocycles. The van der Waals surface area contributed by atoms with Gasteiger partial charge in [-0.05, 0) is 51.3 Å². The molecule has 0 spiro atoms. The Morgan fingerprint density at radius 2 is 2.05 bits per heavy atom. The first kappa shape index (κ1) is 15.8. The highest BCUT2D eigenvalue weighted by Crippen LogP contribution is 2.29. The zero-order valence-electron chi connectivity index (χ0n) is 12.5. The van der Waals surface area contributed by atoms with Crippen molar-refractivity contribution >= 4 is 15.9 Å². The van der Waals surface area contributed by atoms with E-state index in [1.54, 1.807) is 0 Å². The van der Waals surface area contributed by atoms with Gasteiger partial charge in [-0.25, -0.2) is 0 Å². The van der Waals surface area contributed by atoms with E-state index >= 15 is 0 Å². The van der Waals surface area contributed by atoms with Crippen molar-refractivity contribution in [2.75, 3.05) is 13.2 Å². The van der Waals surface area contributed by atoms with Crippen molar-refractivity contribution in [2.45, 2.75) is 52.3 Å². The van der Waals surface area contributed by atoms with Crippen molar-refractivity contribution in [3.8, 4) is 5.75 Å². The van der Waals surface area contributed by atoms with Gasteiger partial charge < -0.3 is 14.8 Å². The third kappa shape index (κ3) is 5.08. The Balaban J connectivity index is 1.96. The van der Waals surface area contributed by atoms with Gasteiger partial charge in [0.2, 0.25) is 0 Å². The summed E-state index contributed by atoms with van der Waals surface area (Å²) in [7, 11) is 0. The van der Waals surface area contributed by atoms with Gasteiger partial charge in [0.15, 0.2) is 0 Å². The minimum Gasteiger partial charge on any atom is -0.491 e. The Morgan fingerprint density at radius 3 is 2.70 bits per heavy atom. The van der Waals surface area contributed by atoms with Crippen LogP contribution in [0.1, 0.15) is 37.8 Å². The molecule has 20 heavy (non-hydrogen) atoms. The minimum atomic E-state index is 0.251. The fourth-order valence-electron chi connectivity index (χ4n) is 2.11.